The third kappa shape index (κ3) is 3.06. The molecule has 5 heteroatoms. The van der Waals surface area contributed by atoms with Gasteiger partial charge >= 0.3 is 0 Å². The lowest BCUT2D eigenvalue weighted by Crippen LogP contribution is -2.18. The van der Waals surface area contributed by atoms with E-state index in [4.69, 9.17) is 10.6 Å². The Labute approximate surface area is 123 Å². The maximum atomic E-state index is 5.61. The van der Waals surface area contributed by atoms with Crippen molar-refractivity contribution < 1.29 is 4.74 Å². The van der Waals surface area contributed by atoms with Crippen LogP contribution < -0.4 is 11.3 Å². The molecule has 20 heavy (non-hydrogen) atoms. The predicted octanol–water partition coefficient (Wildman–Crippen LogP) is 2.93. The van der Waals surface area contributed by atoms with E-state index < -0.39 is 0 Å². The van der Waals surface area contributed by atoms with Crippen LogP contribution in [-0.2, 0) is 10.5 Å². The lowest BCUT2D eigenvalue weighted by Gasteiger charge is -2.21. The van der Waals surface area contributed by atoms with Gasteiger partial charge in [-0.05, 0) is 25.0 Å². The van der Waals surface area contributed by atoms with E-state index in [2.05, 4.69) is 22.5 Å². The van der Waals surface area contributed by atoms with Gasteiger partial charge in [-0.15, -0.1) is 0 Å². The van der Waals surface area contributed by atoms with Gasteiger partial charge in [0.15, 0.2) is 0 Å². The summed E-state index contributed by atoms with van der Waals surface area (Å²) in [5.74, 6) is 7.32. The Bertz CT molecular complexity index is 584. The number of para-hydroxylation sites is 1. The highest BCUT2D eigenvalue weighted by Crippen LogP contribution is 2.29. The molecule has 1 aliphatic heterocycles. The minimum atomic E-state index is 0.681. The predicted molar refractivity (Wildman–Crippen MR) is 84.7 cm³/mol. The van der Waals surface area contributed by atoms with Crippen LogP contribution in [0.25, 0.3) is 10.9 Å². The van der Waals surface area contributed by atoms with Crippen LogP contribution in [0.2, 0.25) is 0 Å². The van der Waals surface area contributed by atoms with Crippen molar-refractivity contribution in [2.45, 2.75) is 23.8 Å². The van der Waals surface area contributed by atoms with Gasteiger partial charge < -0.3 is 10.2 Å². The summed E-state index contributed by atoms with van der Waals surface area (Å²) >= 11 is 1.97. The van der Waals surface area contributed by atoms with E-state index >= 15 is 0 Å². The number of nitrogens with two attached hydrogens (primary N) is 1. The number of ether oxygens (including phenoxy) is 1. The van der Waals surface area contributed by atoms with E-state index in [0.717, 1.165) is 48.5 Å². The Morgan fingerprint density at radius 1 is 1.30 bits per heavy atom. The highest BCUT2D eigenvalue weighted by Gasteiger charge is 2.15. The molecule has 0 radical (unpaired) electrons. The molecule has 1 aromatic carbocycles. The molecule has 1 aliphatic rings. The number of nitrogen functional groups attached to an aromatic ring is 1. The number of aromatic nitrogens is 1. The SMILES string of the molecule is NNc1nc2ccccc2cc1CSC1CCOCC1. The first-order valence-electron chi connectivity index (χ1n) is 6.91. The topological polar surface area (TPSA) is 60.2 Å². The van der Waals surface area contributed by atoms with Crippen molar-refractivity contribution in [3.8, 4) is 0 Å². The van der Waals surface area contributed by atoms with Crippen LogP contribution in [0.1, 0.15) is 18.4 Å². The molecule has 0 aliphatic carbocycles. The van der Waals surface area contributed by atoms with Crippen LogP contribution >= 0.6 is 11.8 Å². The van der Waals surface area contributed by atoms with Crippen molar-refractivity contribution in [3.63, 3.8) is 0 Å². The summed E-state index contributed by atoms with van der Waals surface area (Å²) in [6.45, 7) is 1.77. The average Bonchev–Trinajstić information content (AvgIpc) is 2.53. The van der Waals surface area contributed by atoms with Gasteiger partial charge in [0.2, 0.25) is 0 Å². The van der Waals surface area contributed by atoms with Gasteiger partial charge in [-0.2, -0.15) is 11.8 Å². The third-order valence-corrected chi connectivity index (χ3v) is 5.00. The second-order valence-electron chi connectivity index (χ2n) is 4.96. The van der Waals surface area contributed by atoms with Gasteiger partial charge in [-0.1, -0.05) is 18.2 Å². The molecule has 0 saturated carbocycles. The number of rotatable bonds is 4. The number of anilines is 1. The molecule has 2 aromatic rings. The fourth-order valence-electron chi connectivity index (χ4n) is 2.44. The maximum Gasteiger partial charge on any atom is 0.144 e. The zero-order valence-corrected chi connectivity index (χ0v) is 12.2. The van der Waals surface area contributed by atoms with E-state index in [1.165, 1.54) is 5.56 Å². The molecule has 4 nitrogen and oxygen atoms in total. The van der Waals surface area contributed by atoms with Crippen molar-refractivity contribution in [2.75, 3.05) is 18.6 Å². The second-order valence-corrected chi connectivity index (χ2v) is 6.24. The number of benzene rings is 1. The summed E-state index contributed by atoms with van der Waals surface area (Å²) in [7, 11) is 0. The van der Waals surface area contributed by atoms with Crippen LogP contribution in [0.4, 0.5) is 5.82 Å². The molecule has 0 amide bonds. The summed E-state index contributed by atoms with van der Waals surface area (Å²) in [5.41, 5.74) is 4.87. The summed E-state index contributed by atoms with van der Waals surface area (Å²) in [5, 5.41) is 1.84. The molecule has 0 atom stereocenters. The molecule has 0 unspecified atom stereocenters. The summed E-state index contributed by atoms with van der Waals surface area (Å²) in [6.07, 6.45) is 2.27. The zero-order chi connectivity index (χ0) is 13.8. The Kier molecular flexibility index (Phi) is 4.40. The number of nitrogens with zero attached hydrogens (tertiary/aromatic N) is 1. The molecule has 0 spiro atoms. The molecular formula is C15H19N3OS. The molecule has 3 N–H and O–H groups in total. The molecule has 1 saturated heterocycles. The zero-order valence-electron chi connectivity index (χ0n) is 11.3. The average molecular weight is 289 g/mol. The van der Waals surface area contributed by atoms with Crippen molar-refractivity contribution in [2.24, 2.45) is 5.84 Å². The lowest BCUT2D eigenvalue weighted by molar-refractivity contribution is 0.1000. The Morgan fingerprint density at radius 3 is 2.90 bits per heavy atom. The Morgan fingerprint density at radius 2 is 2.10 bits per heavy atom. The highest BCUT2D eigenvalue weighted by atomic mass is 32.2. The minimum absolute atomic E-state index is 0.681. The molecule has 0 bridgehead atoms. The molecular weight excluding hydrogens is 270 g/mol. The van der Waals surface area contributed by atoms with Gasteiger partial charge in [0, 0.05) is 35.2 Å². The Hall–Kier alpha value is -1.30. The van der Waals surface area contributed by atoms with Crippen LogP contribution in [0.5, 0.6) is 0 Å². The fourth-order valence-corrected chi connectivity index (χ4v) is 3.61. The number of thioether (sulfide) groups is 1. The van der Waals surface area contributed by atoms with Crippen LogP contribution in [-0.4, -0.2) is 23.4 Å². The fraction of sp³-hybridized carbons (Fsp3) is 0.400. The van der Waals surface area contributed by atoms with Gasteiger partial charge in [0.25, 0.3) is 0 Å². The van der Waals surface area contributed by atoms with Gasteiger partial charge in [0.05, 0.1) is 5.52 Å². The van der Waals surface area contributed by atoms with Crippen LogP contribution in [0, 0.1) is 0 Å². The minimum Gasteiger partial charge on any atom is -0.381 e. The second kappa shape index (κ2) is 6.43. The standard InChI is InChI=1S/C15H19N3OS/c16-18-15-12(10-20-13-5-7-19-8-6-13)9-11-3-1-2-4-14(11)17-15/h1-4,9,13H,5-8,10,16H2,(H,17,18). The number of fused-ring (bicyclic) bond motifs is 1. The van der Waals surface area contributed by atoms with Crippen LogP contribution in [0.3, 0.4) is 0 Å². The summed E-state index contributed by atoms with van der Waals surface area (Å²) < 4.78 is 5.40. The normalized spacial score (nSPS) is 16.4. The summed E-state index contributed by atoms with van der Waals surface area (Å²) in [4.78, 5) is 4.58. The monoisotopic (exact) mass is 289 g/mol. The molecule has 3 rings (SSSR count). The Balaban J connectivity index is 1.78. The number of hydrogen-bond acceptors (Lipinski definition) is 5. The van der Waals surface area contributed by atoms with E-state index in [1.807, 2.05) is 30.0 Å². The highest BCUT2D eigenvalue weighted by molar-refractivity contribution is 7.99. The largest absolute Gasteiger partial charge is 0.381 e. The van der Waals surface area contributed by atoms with E-state index in [9.17, 15) is 0 Å². The maximum absolute atomic E-state index is 5.61. The molecule has 1 aromatic heterocycles. The van der Waals surface area contributed by atoms with Gasteiger partial charge in [-0.3, -0.25) is 0 Å². The molecule has 2 heterocycles. The van der Waals surface area contributed by atoms with Crippen molar-refractivity contribution in [3.05, 3.63) is 35.9 Å². The van der Waals surface area contributed by atoms with Crippen molar-refractivity contribution in [1.82, 2.24) is 4.98 Å². The molecule has 106 valence electrons. The van der Waals surface area contributed by atoms with Crippen molar-refractivity contribution in [1.29, 1.82) is 0 Å². The van der Waals surface area contributed by atoms with Crippen LogP contribution in [0.15, 0.2) is 30.3 Å². The first kappa shape index (κ1) is 13.7. The van der Waals surface area contributed by atoms with E-state index in [-0.39, 0.29) is 0 Å². The van der Waals surface area contributed by atoms with E-state index in [0.29, 0.717) is 5.25 Å². The number of nitrogens with one attached hydrogen (secondary N) is 1. The number of hydrogen-bond donors (Lipinski definition) is 2. The number of hydrazine groups is 1. The lowest BCUT2D eigenvalue weighted by atomic mass is 10.1. The summed E-state index contributed by atoms with van der Waals surface area (Å²) in [6, 6.07) is 10.3. The first-order valence-corrected chi connectivity index (χ1v) is 7.96. The first-order chi connectivity index (χ1) is 9.86. The molecule has 1 fully saturated rings. The number of pyridine rings is 1. The van der Waals surface area contributed by atoms with Crippen molar-refractivity contribution >= 4 is 28.5 Å². The quantitative estimate of drug-likeness (QED) is 0.669. The van der Waals surface area contributed by atoms with E-state index in [1.54, 1.807) is 0 Å². The smallest absolute Gasteiger partial charge is 0.144 e. The van der Waals surface area contributed by atoms with Gasteiger partial charge in [0.1, 0.15) is 5.82 Å². The third-order valence-electron chi connectivity index (χ3n) is 3.58. The van der Waals surface area contributed by atoms with Gasteiger partial charge in [-0.25, -0.2) is 10.8 Å².